The van der Waals surface area contributed by atoms with E-state index in [2.05, 4.69) is 0 Å². The van der Waals surface area contributed by atoms with Crippen LogP contribution in [0.25, 0.3) is 71.6 Å². The quantitative estimate of drug-likeness (QED) is 0.164. The molecule has 0 atom stereocenters. The number of hydrogen-bond acceptors (Lipinski definition) is 1. The Bertz CT molecular complexity index is 4490. The van der Waals surface area contributed by atoms with Gasteiger partial charge in [-0.1, -0.05) is 153 Å². The van der Waals surface area contributed by atoms with E-state index < -0.39 is 190 Å². The topological polar surface area (TPSA) is 8.17 Å². The van der Waals surface area contributed by atoms with Crippen LogP contribution in [-0.4, -0.2) is 4.57 Å². The lowest BCUT2D eigenvalue weighted by Crippen LogP contribution is -2.16. The van der Waals surface area contributed by atoms with E-state index in [0.29, 0.717) is 15.8 Å². The molecule has 0 fully saturated rings. The van der Waals surface area contributed by atoms with E-state index >= 15 is 0 Å². The fourth-order valence-electron chi connectivity index (χ4n) is 7.45. The molecule has 1 heterocycles. The van der Waals surface area contributed by atoms with Gasteiger partial charge in [0.1, 0.15) is 0 Å². The number of aromatic nitrogens is 1. The van der Waals surface area contributed by atoms with Crippen molar-refractivity contribution in [3.05, 3.63) is 217 Å². The van der Waals surface area contributed by atoms with Crippen LogP contribution in [0.4, 0.5) is 17.1 Å². The molecule has 10 aromatic rings. The summed E-state index contributed by atoms with van der Waals surface area (Å²) < 4.78 is 240. The predicted octanol–water partition coefficient (Wildman–Crippen LogP) is 15.0. The third-order valence-corrected chi connectivity index (χ3v) is 10.1. The molecule has 1 aliphatic carbocycles. The van der Waals surface area contributed by atoms with Crippen LogP contribution in [0.5, 0.6) is 0 Å². The van der Waals surface area contributed by atoms with Gasteiger partial charge < -0.3 is 9.47 Å². The van der Waals surface area contributed by atoms with Gasteiger partial charge in [-0.05, 0) is 122 Å². The smallest absolute Gasteiger partial charge is 0.0651 e. The molecule has 0 aliphatic heterocycles. The van der Waals surface area contributed by atoms with E-state index in [1.807, 2.05) is 71.3 Å². The van der Waals surface area contributed by atoms with E-state index in [-0.39, 0.29) is 11.1 Å². The summed E-state index contributed by atoms with van der Waals surface area (Å²) in [5.41, 5.74) is -11.0. The normalized spacial score (nSPS) is 19.8. The zero-order valence-corrected chi connectivity index (χ0v) is 29.5. The summed E-state index contributed by atoms with van der Waals surface area (Å²) >= 11 is 0. The highest BCUT2D eigenvalue weighted by molar-refractivity contribution is 6.10. The first kappa shape index (κ1) is 16.1. The average Bonchev–Trinajstić information content (AvgIpc) is 4.11. The molecule has 0 N–H and O–H groups in total. The maximum absolute atomic E-state index is 10.1. The van der Waals surface area contributed by atoms with Gasteiger partial charge in [0.25, 0.3) is 0 Å². The van der Waals surface area contributed by atoms with E-state index in [4.69, 9.17) is 23.3 Å². The molecule has 0 unspecified atom stereocenters. The Morgan fingerprint density at radius 2 is 1.18 bits per heavy atom. The second-order valence-corrected chi connectivity index (χ2v) is 13.4. The van der Waals surface area contributed by atoms with Gasteiger partial charge in [-0.3, -0.25) is 0 Å². The largest absolute Gasteiger partial charge is 0.310 e. The number of fused-ring (bicyclic) bond motifs is 7. The summed E-state index contributed by atoms with van der Waals surface area (Å²) in [5.74, 6) is 0. The Hall–Kier alpha value is -7.16. The standard InChI is InChI=1S/C55H40N2/c1-55(2)51-21-10-8-19-47(51)48-31-30-46(36-52(48)55)56(44-18-12-17-41(33-44)37-13-4-3-5-14-37)43-27-23-39(24-28-43)42-26-32-54-50(35-42)49-20-9-11-22-53(49)57(54)45-29-25-38-15-6-7-16-40(38)34-45/h3-36H,1-2H3/i1D3,2D3,3D,4D,5D,8D,10D,12D,13D,14D,17D,18D,19D,21D,23D,24D,27D,28D,30D,31D,33D,36D. The molecule has 1 aliphatic rings. The lowest BCUT2D eigenvalue weighted by molar-refractivity contribution is 0.660. The van der Waals surface area contributed by atoms with Crippen molar-refractivity contribution in [1.82, 2.24) is 4.57 Å². The van der Waals surface area contributed by atoms with E-state index in [0.717, 1.165) is 27.4 Å². The second-order valence-electron chi connectivity index (χ2n) is 13.4. The van der Waals surface area contributed by atoms with Crippen molar-refractivity contribution in [2.24, 2.45) is 0 Å². The molecular formula is C55H40N2. The Kier molecular flexibility index (Phi) is 3.67. The minimum atomic E-state index is -3.94. The van der Waals surface area contributed by atoms with Crippen LogP contribution in [0.2, 0.25) is 0 Å². The van der Waals surface area contributed by atoms with Crippen molar-refractivity contribution in [2.45, 2.75) is 19.1 Å². The summed E-state index contributed by atoms with van der Waals surface area (Å²) in [4.78, 5) is 0.358. The van der Waals surface area contributed by atoms with Crippen molar-refractivity contribution in [1.29, 1.82) is 0 Å². The molecule has 0 spiro atoms. The third-order valence-electron chi connectivity index (χ3n) is 10.1. The third kappa shape index (κ3) is 5.40. The zero-order valence-electron chi connectivity index (χ0n) is 55.5. The number of hydrogen-bond donors (Lipinski definition) is 0. The van der Waals surface area contributed by atoms with E-state index in [9.17, 15) is 12.3 Å². The highest BCUT2D eigenvalue weighted by Crippen LogP contribution is 2.51. The van der Waals surface area contributed by atoms with Gasteiger partial charge in [-0.2, -0.15) is 0 Å². The predicted molar refractivity (Wildman–Crippen MR) is 241 cm³/mol. The Labute approximate surface area is 370 Å². The van der Waals surface area contributed by atoms with Crippen LogP contribution in [0.3, 0.4) is 0 Å². The fourth-order valence-corrected chi connectivity index (χ4v) is 7.45. The molecule has 11 rings (SSSR count). The number of rotatable bonds is 6. The number of anilines is 3. The van der Waals surface area contributed by atoms with Gasteiger partial charge in [0, 0.05) is 47.2 Å². The molecule has 0 saturated carbocycles. The molecule has 1 aromatic heterocycles. The maximum atomic E-state index is 10.1. The number of nitrogens with zero attached hydrogens (tertiary/aromatic N) is 2. The summed E-state index contributed by atoms with van der Waals surface area (Å²) in [5, 5.41) is 3.30. The number of para-hydroxylation sites is 1. The molecule has 270 valence electrons. The Balaban J connectivity index is 1.27. The summed E-state index contributed by atoms with van der Waals surface area (Å²) in [7, 11) is 0. The second kappa shape index (κ2) is 13.0. The summed E-state index contributed by atoms with van der Waals surface area (Å²) in [6.07, 6.45) is 0. The SMILES string of the molecule is [2H]c1c([2H])c([2H])c(-c2c([2H])c([2H])c([2H])c(N(c3c([2H])c([2H])c(-c4ccc5c(c4)c4ccccc4n5-c4ccc5ccccc5c4)c([2H])c3[2H])c3c([2H])c([2H])c4c(c3[2H])C(C([2H])([2H])[2H])(C([2H])([2H])[2H])c3c([2H])c([2H])c([2H])c([2H])c3-4)c2[2H])c([2H])c1[2H]. The molecule has 57 heavy (non-hydrogen) atoms. The van der Waals surface area contributed by atoms with E-state index in [1.54, 1.807) is 18.2 Å². The van der Waals surface area contributed by atoms with Crippen LogP contribution in [0.15, 0.2) is 206 Å². The molecule has 0 bridgehead atoms. The minimum absolute atomic E-state index is 0.123. The maximum Gasteiger partial charge on any atom is 0.0651 e. The molecule has 2 nitrogen and oxygen atoms in total. The van der Waals surface area contributed by atoms with Crippen molar-refractivity contribution >= 4 is 49.6 Å². The highest BCUT2D eigenvalue weighted by atomic mass is 15.1. The summed E-state index contributed by atoms with van der Waals surface area (Å²) in [6, 6.07) is 4.47. The van der Waals surface area contributed by atoms with Crippen LogP contribution in [-0.2, 0) is 5.41 Å². The lowest BCUT2D eigenvalue weighted by Gasteiger charge is -2.28. The van der Waals surface area contributed by atoms with Gasteiger partial charge in [0.2, 0.25) is 0 Å². The van der Waals surface area contributed by atoms with Crippen LogP contribution < -0.4 is 4.90 Å². The monoisotopic (exact) mass is 754 g/mol. The molecule has 9 aromatic carbocycles. The van der Waals surface area contributed by atoms with Crippen molar-refractivity contribution < 1.29 is 35.6 Å². The zero-order chi connectivity index (χ0) is 60.5. The van der Waals surface area contributed by atoms with Gasteiger partial charge in [-0.25, -0.2) is 0 Å². The number of benzene rings is 9. The Morgan fingerprint density at radius 3 is 2.05 bits per heavy atom. The van der Waals surface area contributed by atoms with Gasteiger partial charge in [0.15, 0.2) is 0 Å². The van der Waals surface area contributed by atoms with Gasteiger partial charge in [0.05, 0.1) is 38.4 Å². The highest BCUT2D eigenvalue weighted by Gasteiger charge is 2.35. The first-order valence-electron chi connectivity index (χ1n) is 30.7. The molecule has 0 amide bonds. The van der Waals surface area contributed by atoms with E-state index in [1.165, 1.54) is 0 Å². The lowest BCUT2D eigenvalue weighted by atomic mass is 9.82. The first-order valence-corrected chi connectivity index (χ1v) is 17.7. The average molecular weight is 755 g/mol. The van der Waals surface area contributed by atoms with Gasteiger partial charge in [-0.15, -0.1) is 0 Å². The molecular weight excluding hydrogens is 689 g/mol. The summed E-state index contributed by atoms with van der Waals surface area (Å²) in [6.45, 7) is -7.87. The fraction of sp³-hybridized carbons (Fsp3) is 0.0545. The van der Waals surface area contributed by atoms with Crippen LogP contribution >= 0.6 is 0 Å². The Morgan fingerprint density at radius 1 is 0.474 bits per heavy atom. The van der Waals surface area contributed by atoms with Crippen molar-refractivity contribution in [3.8, 4) is 39.1 Å². The molecule has 2 heteroatoms. The van der Waals surface area contributed by atoms with Crippen LogP contribution in [0.1, 0.15) is 60.5 Å². The minimum Gasteiger partial charge on any atom is -0.310 e. The van der Waals surface area contributed by atoms with Crippen LogP contribution in [0, 0.1) is 0 Å². The molecule has 0 radical (unpaired) electrons. The van der Waals surface area contributed by atoms with Gasteiger partial charge >= 0.3 is 0 Å². The van der Waals surface area contributed by atoms with Crippen molar-refractivity contribution in [3.63, 3.8) is 0 Å². The van der Waals surface area contributed by atoms with Crippen molar-refractivity contribution in [2.75, 3.05) is 4.90 Å². The first-order chi connectivity index (χ1) is 38.9. The molecule has 0 saturated heterocycles.